The van der Waals surface area contributed by atoms with E-state index in [9.17, 15) is 9.59 Å². The van der Waals surface area contributed by atoms with E-state index in [0.717, 1.165) is 36.5 Å². The van der Waals surface area contributed by atoms with Crippen LogP contribution in [0, 0.1) is 0 Å². The molecule has 0 bridgehead atoms. The number of thioether (sulfide) groups is 1. The van der Waals surface area contributed by atoms with Crippen LogP contribution >= 0.6 is 11.8 Å². The highest BCUT2D eigenvalue weighted by atomic mass is 32.2. The smallest absolute Gasteiger partial charge is 0.248 e. The Balaban J connectivity index is 1.74. The number of nitrogens with one attached hydrogen (secondary N) is 1. The van der Waals surface area contributed by atoms with E-state index in [4.69, 9.17) is 5.73 Å². The van der Waals surface area contributed by atoms with Gasteiger partial charge < -0.3 is 16.0 Å². The maximum Gasteiger partial charge on any atom is 0.248 e. The summed E-state index contributed by atoms with van der Waals surface area (Å²) in [7, 11) is 0. The van der Waals surface area contributed by atoms with Gasteiger partial charge in [-0.25, -0.2) is 0 Å². The Morgan fingerprint density at radius 1 is 1.04 bits per heavy atom. The third-order valence-electron chi connectivity index (χ3n) is 4.37. The van der Waals surface area contributed by atoms with Crippen LogP contribution < -0.4 is 16.0 Å². The predicted octanol–water partition coefficient (Wildman–Crippen LogP) is 3.51. The fraction of sp³-hybridized carbons (Fsp3) is 0.300. The molecule has 1 saturated heterocycles. The van der Waals surface area contributed by atoms with E-state index >= 15 is 0 Å². The molecule has 0 aliphatic carbocycles. The second kappa shape index (κ2) is 8.76. The van der Waals surface area contributed by atoms with Gasteiger partial charge in [-0.05, 0) is 49.6 Å². The second-order valence-corrected chi connectivity index (χ2v) is 7.34. The molecule has 6 heteroatoms. The summed E-state index contributed by atoms with van der Waals surface area (Å²) < 4.78 is 0. The van der Waals surface area contributed by atoms with E-state index < -0.39 is 5.91 Å². The molecule has 0 atom stereocenters. The van der Waals surface area contributed by atoms with Gasteiger partial charge in [0, 0.05) is 23.5 Å². The SMILES string of the molecule is NC(=O)c1ccc(N2CCCCC2)c(NC(=O)CSc2ccccc2)c1. The summed E-state index contributed by atoms with van der Waals surface area (Å²) in [6.07, 6.45) is 3.49. The summed E-state index contributed by atoms with van der Waals surface area (Å²) >= 11 is 1.48. The molecule has 0 aromatic heterocycles. The van der Waals surface area contributed by atoms with Gasteiger partial charge in [-0.3, -0.25) is 9.59 Å². The number of hydrogen-bond donors (Lipinski definition) is 2. The molecule has 2 amide bonds. The van der Waals surface area contributed by atoms with Crippen molar-refractivity contribution in [2.75, 3.05) is 29.1 Å². The Kier molecular flexibility index (Phi) is 6.17. The number of rotatable bonds is 6. The van der Waals surface area contributed by atoms with Crippen molar-refractivity contribution in [2.24, 2.45) is 5.73 Å². The summed E-state index contributed by atoms with van der Waals surface area (Å²) in [4.78, 5) is 27.3. The van der Waals surface area contributed by atoms with Gasteiger partial charge in [0.1, 0.15) is 0 Å². The van der Waals surface area contributed by atoms with Crippen molar-refractivity contribution in [1.82, 2.24) is 0 Å². The van der Waals surface area contributed by atoms with Crippen molar-refractivity contribution in [3.05, 3.63) is 54.1 Å². The third-order valence-corrected chi connectivity index (χ3v) is 5.38. The van der Waals surface area contributed by atoms with Gasteiger partial charge in [0.05, 0.1) is 17.1 Å². The van der Waals surface area contributed by atoms with Crippen molar-refractivity contribution in [2.45, 2.75) is 24.2 Å². The van der Waals surface area contributed by atoms with E-state index in [1.165, 1.54) is 18.2 Å². The first-order valence-electron chi connectivity index (χ1n) is 8.80. The molecule has 1 heterocycles. The van der Waals surface area contributed by atoms with E-state index in [0.29, 0.717) is 17.0 Å². The second-order valence-electron chi connectivity index (χ2n) is 6.29. The van der Waals surface area contributed by atoms with Gasteiger partial charge >= 0.3 is 0 Å². The Labute approximate surface area is 157 Å². The van der Waals surface area contributed by atoms with Crippen LogP contribution in [0.3, 0.4) is 0 Å². The molecule has 2 aromatic carbocycles. The number of anilines is 2. The first kappa shape index (κ1) is 18.3. The van der Waals surface area contributed by atoms with Crippen LogP contribution in [-0.4, -0.2) is 30.7 Å². The lowest BCUT2D eigenvalue weighted by Crippen LogP contribution is -2.30. The highest BCUT2D eigenvalue weighted by molar-refractivity contribution is 8.00. The van der Waals surface area contributed by atoms with Crippen molar-refractivity contribution < 1.29 is 9.59 Å². The molecule has 2 aromatic rings. The van der Waals surface area contributed by atoms with E-state index in [1.54, 1.807) is 12.1 Å². The molecule has 1 fully saturated rings. The average molecular weight is 369 g/mol. The largest absolute Gasteiger partial charge is 0.370 e. The molecular formula is C20H23N3O2S. The maximum atomic E-state index is 12.4. The Morgan fingerprint density at radius 3 is 2.46 bits per heavy atom. The van der Waals surface area contributed by atoms with Crippen LogP contribution in [0.1, 0.15) is 29.6 Å². The Hall–Kier alpha value is -2.47. The summed E-state index contributed by atoms with van der Waals surface area (Å²) in [5.41, 5.74) is 7.41. The van der Waals surface area contributed by atoms with Crippen LogP contribution in [0.5, 0.6) is 0 Å². The number of primary amides is 1. The zero-order valence-corrected chi connectivity index (χ0v) is 15.4. The zero-order chi connectivity index (χ0) is 18.4. The summed E-state index contributed by atoms with van der Waals surface area (Å²) in [5, 5.41) is 2.96. The fourth-order valence-corrected chi connectivity index (χ4v) is 3.77. The molecule has 0 unspecified atom stereocenters. The quantitative estimate of drug-likeness (QED) is 0.764. The number of piperidine rings is 1. The van der Waals surface area contributed by atoms with Crippen LogP contribution in [0.2, 0.25) is 0 Å². The first-order valence-corrected chi connectivity index (χ1v) is 9.78. The van der Waals surface area contributed by atoms with Crippen LogP contribution in [0.15, 0.2) is 53.4 Å². The highest BCUT2D eigenvalue weighted by Gasteiger charge is 2.17. The summed E-state index contributed by atoms with van der Waals surface area (Å²) in [6, 6.07) is 15.1. The van der Waals surface area contributed by atoms with Crippen molar-refractivity contribution >= 4 is 35.0 Å². The number of benzene rings is 2. The fourth-order valence-electron chi connectivity index (χ4n) is 3.05. The summed E-state index contributed by atoms with van der Waals surface area (Å²) in [5.74, 6) is -0.285. The number of hydrogen-bond acceptors (Lipinski definition) is 4. The standard InChI is InChI=1S/C20H23N3O2S/c21-20(25)15-9-10-18(23-11-5-2-6-12-23)17(13-15)22-19(24)14-26-16-7-3-1-4-8-16/h1,3-4,7-10,13H,2,5-6,11-12,14H2,(H2,21,25)(H,22,24). The van der Waals surface area contributed by atoms with Crippen LogP contribution in [0.4, 0.5) is 11.4 Å². The lowest BCUT2D eigenvalue weighted by Gasteiger charge is -2.30. The molecule has 1 aliphatic rings. The molecule has 0 spiro atoms. The minimum atomic E-state index is -0.496. The summed E-state index contributed by atoms with van der Waals surface area (Å²) in [6.45, 7) is 1.91. The minimum absolute atomic E-state index is 0.0984. The molecule has 3 N–H and O–H groups in total. The third kappa shape index (κ3) is 4.79. The molecular weight excluding hydrogens is 346 g/mol. The van der Waals surface area contributed by atoms with E-state index in [2.05, 4.69) is 10.2 Å². The van der Waals surface area contributed by atoms with Crippen LogP contribution in [0.25, 0.3) is 0 Å². The van der Waals surface area contributed by atoms with E-state index in [1.807, 2.05) is 36.4 Å². The molecule has 5 nitrogen and oxygen atoms in total. The van der Waals surface area contributed by atoms with Gasteiger partial charge in [-0.2, -0.15) is 0 Å². The maximum absolute atomic E-state index is 12.4. The molecule has 0 saturated carbocycles. The van der Waals surface area contributed by atoms with Gasteiger partial charge in [0.25, 0.3) is 0 Å². The van der Waals surface area contributed by atoms with Gasteiger partial charge in [0.15, 0.2) is 0 Å². The minimum Gasteiger partial charge on any atom is -0.370 e. The van der Waals surface area contributed by atoms with Gasteiger partial charge in [-0.15, -0.1) is 11.8 Å². The number of nitrogens with zero attached hydrogens (tertiary/aromatic N) is 1. The highest BCUT2D eigenvalue weighted by Crippen LogP contribution is 2.30. The van der Waals surface area contributed by atoms with E-state index in [-0.39, 0.29) is 5.91 Å². The van der Waals surface area contributed by atoms with Crippen molar-refractivity contribution in [3.63, 3.8) is 0 Å². The van der Waals surface area contributed by atoms with Crippen molar-refractivity contribution in [3.8, 4) is 0 Å². The molecule has 136 valence electrons. The topological polar surface area (TPSA) is 75.4 Å². The normalized spacial score (nSPS) is 14.1. The first-order chi connectivity index (χ1) is 12.6. The molecule has 3 rings (SSSR count). The average Bonchev–Trinajstić information content (AvgIpc) is 2.68. The zero-order valence-electron chi connectivity index (χ0n) is 14.6. The Bertz CT molecular complexity index is 774. The molecule has 26 heavy (non-hydrogen) atoms. The number of amides is 2. The number of nitrogens with two attached hydrogens (primary N) is 1. The van der Waals surface area contributed by atoms with Gasteiger partial charge in [0.2, 0.25) is 11.8 Å². The predicted molar refractivity (Wildman–Crippen MR) is 107 cm³/mol. The van der Waals surface area contributed by atoms with Gasteiger partial charge in [-0.1, -0.05) is 18.2 Å². The van der Waals surface area contributed by atoms with Crippen LogP contribution in [-0.2, 0) is 4.79 Å². The Morgan fingerprint density at radius 2 is 1.77 bits per heavy atom. The lowest BCUT2D eigenvalue weighted by atomic mass is 10.1. The molecule has 0 radical (unpaired) electrons. The van der Waals surface area contributed by atoms with Crippen molar-refractivity contribution in [1.29, 1.82) is 0 Å². The monoisotopic (exact) mass is 369 g/mol. The molecule has 1 aliphatic heterocycles. The lowest BCUT2D eigenvalue weighted by molar-refractivity contribution is -0.113. The number of carbonyl (C=O) groups excluding carboxylic acids is 2. The number of carbonyl (C=O) groups is 2.